The van der Waals surface area contributed by atoms with Gasteiger partial charge in [-0.2, -0.15) is 0 Å². The average molecular weight is 462 g/mol. The molecule has 0 bridgehead atoms. The molecule has 5 nitrogen and oxygen atoms in total. The van der Waals surface area contributed by atoms with Gasteiger partial charge in [-0.05, 0) is 48.4 Å². The van der Waals surface area contributed by atoms with E-state index in [1.807, 2.05) is 67.6 Å². The molecular weight excluding hydrogens is 437 g/mol. The number of rotatable bonds is 9. The van der Waals surface area contributed by atoms with Crippen molar-refractivity contribution in [2.75, 3.05) is 13.4 Å². The van der Waals surface area contributed by atoms with Crippen LogP contribution in [-0.4, -0.2) is 13.4 Å². The topological polar surface area (TPSA) is 49.0 Å². The van der Waals surface area contributed by atoms with Gasteiger partial charge in [-0.3, -0.25) is 0 Å². The van der Waals surface area contributed by atoms with E-state index in [1.54, 1.807) is 0 Å². The largest absolute Gasteiger partial charge is 0.490 e. The van der Waals surface area contributed by atoms with Crippen LogP contribution >= 0.6 is 24.0 Å². The SMILES string of the molecule is CCOc1cccc(CNCc2ccc3c(c2)OCO3)c1OCc1ccc(Cl)cc1.Cl. The lowest BCUT2D eigenvalue weighted by Crippen LogP contribution is -2.14. The Kier molecular flexibility index (Phi) is 8.29. The van der Waals surface area contributed by atoms with Gasteiger partial charge in [0, 0.05) is 23.7 Å². The van der Waals surface area contributed by atoms with Crippen LogP contribution in [0, 0.1) is 0 Å². The second-order valence-corrected chi connectivity index (χ2v) is 7.32. The molecule has 0 aliphatic carbocycles. The Labute approximate surface area is 193 Å². The highest BCUT2D eigenvalue weighted by atomic mass is 35.5. The van der Waals surface area contributed by atoms with Crippen molar-refractivity contribution in [2.45, 2.75) is 26.6 Å². The predicted octanol–water partition coefficient (Wildman–Crippen LogP) is 5.76. The minimum absolute atomic E-state index is 0. The van der Waals surface area contributed by atoms with Gasteiger partial charge in [-0.15, -0.1) is 12.4 Å². The maximum Gasteiger partial charge on any atom is 0.231 e. The smallest absolute Gasteiger partial charge is 0.231 e. The molecule has 0 amide bonds. The number of para-hydroxylation sites is 1. The molecule has 0 spiro atoms. The molecule has 1 heterocycles. The number of nitrogens with one attached hydrogen (secondary N) is 1. The zero-order chi connectivity index (χ0) is 20.8. The third kappa shape index (κ3) is 5.97. The number of hydrogen-bond donors (Lipinski definition) is 1. The first-order chi connectivity index (χ1) is 14.7. The van der Waals surface area contributed by atoms with Crippen LogP contribution < -0.4 is 24.3 Å². The van der Waals surface area contributed by atoms with Crippen molar-refractivity contribution in [3.63, 3.8) is 0 Å². The van der Waals surface area contributed by atoms with Crippen LogP contribution in [0.25, 0.3) is 0 Å². The highest BCUT2D eigenvalue weighted by Crippen LogP contribution is 2.34. The van der Waals surface area contributed by atoms with Crippen LogP contribution in [0.1, 0.15) is 23.6 Å². The van der Waals surface area contributed by atoms with Gasteiger partial charge >= 0.3 is 0 Å². The molecule has 164 valence electrons. The first-order valence-electron chi connectivity index (χ1n) is 9.94. The molecule has 1 aliphatic rings. The molecule has 31 heavy (non-hydrogen) atoms. The third-order valence-electron chi connectivity index (χ3n) is 4.74. The van der Waals surface area contributed by atoms with Crippen molar-refractivity contribution in [3.8, 4) is 23.0 Å². The summed E-state index contributed by atoms with van der Waals surface area (Å²) >= 11 is 5.98. The Bertz CT molecular complexity index is 995. The monoisotopic (exact) mass is 461 g/mol. The lowest BCUT2D eigenvalue weighted by Gasteiger charge is -2.17. The van der Waals surface area contributed by atoms with Crippen molar-refractivity contribution >= 4 is 24.0 Å². The molecule has 0 radical (unpaired) electrons. The minimum Gasteiger partial charge on any atom is -0.490 e. The van der Waals surface area contributed by atoms with E-state index < -0.39 is 0 Å². The number of benzene rings is 3. The number of fused-ring (bicyclic) bond motifs is 1. The molecule has 0 aromatic heterocycles. The summed E-state index contributed by atoms with van der Waals surface area (Å²) in [6.45, 7) is 4.61. The van der Waals surface area contributed by atoms with E-state index in [9.17, 15) is 0 Å². The van der Waals surface area contributed by atoms with Crippen molar-refractivity contribution < 1.29 is 18.9 Å². The molecule has 3 aromatic rings. The summed E-state index contributed by atoms with van der Waals surface area (Å²) in [6, 6.07) is 19.6. The van der Waals surface area contributed by atoms with E-state index in [0.717, 1.165) is 39.7 Å². The first-order valence-corrected chi connectivity index (χ1v) is 10.3. The average Bonchev–Trinajstić information content (AvgIpc) is 3.22. The second kappa shape index (κ2) is 11.1. The fourth-order valence-electron chi connectivity index (χ4n) is 3.26. The predicted molar refractivity (Wildman–Crippen MR) is 124 cm³/mol. The zero-order valence-corrected chi connectivity index (χ0v) is 18.8. The summed E-state index contributed by atoms with van der Waals surface area (Å²) in [5, 5.41) is 4.19. The summed E-state index contributed by atoms with van der Waals surface area (Å²) in [5.74, 6) is 3.09. The maximum absolute atomic E-state index is 6.17. The molecule has 7 heteroatoms. The summed E-state index contributed by atoms with van der Waals surface area (Å²) in [4.78, 5) is 0. The standard InChI is InChI=1S/C24H24ClNO4.ClH/c1-2-27-22-5-3-4-19(24(22)28-15-17-6-9-20(25)10-7-17)14-26-13-18-8-11-21-23(12-18)30-16-29-21;/h3-12,26H,2,13-16H2,1H3;1H. The summed E-state index contributed by atoms with van der Waals surface area (Å²) in [5.41, 5.74) is 3.21. The molecule has 1 N–H and O–H groups in total. The summed E-state index contributed by atoms with van der Waals surface area (Å²) < 4.78 is 22.8. The molecule has 3 aromatic carbocycles. The Morgan fingerprint density at radius 2 is 1.68 bits per heavy atom. The van der Waals surface area contributed by atoms with Gasteiger partial charge in [0.05, 0.1) is 6.61 Å². The van der Waals surface area contributed by atoms with Gasteiger partial charge in [0.2, 0.25) is 6.79 Å². The van der Waals surface area contributed by atoms with E-state index >= 15 is 0 Å². The van der Waals surface area contributed by atoms with E-state index in [4.69, 9.17) is 30.5 Å². The first kappa shape index (κ1) is 23.1. The molecule has 4 rings (SSSR count). The Hall–Kier alpha value is -2.60. The Balaban J connectivity index is 0.00000272. The molecule has 0 saturated heterocycles. The molecular formula is C24H25Cl2NO4. The Morgan fingerprint density at radius 3 is 2.48 bits per heavy atom. The summed E-state index contributed by atoms with van der Waals surface area (Å²) in [7, 11) is 0. The van der Waals surface area contributed by atoms with Gasteiger partial charge in [-0.1, -0.05) is 41.9 Å². The molecule has 0 saturated carbocycles. The van der Waals surface area contributed by atoms with Gasteiger partial charge in [-0.25, -0.2) is 0 Å². The number of hydrogen-bond acceptors (Lipinski definition) is 5. The van der Waals surface area contributed by atoms with Gasteiger partial charge < -0.3 is 24.3 Å². The fourth-order valence-corrected chi connectivity index (χ4v) is 3.39. The van der Waals surface area contributed by atoms with Gasteiger partial charge in [0.1, 0.15) is 6.61 Å². The summed E-state index contributed by atoms with van der Waals surface area (Å²) in [6.07, 6.45) is 0. The number of halogens is 2. The third-order valence-corrected chi connectivity index (χ3v) is 4.99. The Morgan fingerprint density at radius 1 is 0.903 bits per heavy atom. The molecule has 0 fully saturated rings. The van der Waals surface area contributed by atoms with Crippen LogP contribution in [0.5, 0.6) is 23.0 Å². The van der Waals surface area contributed by atoms with Crippen molar-refractivity contribution in [3.05, 3.63) is 82.4 Å². The van der Waals surface area contributed by atoms with Crippen LogP contribution in [-0.2, 0) is 19.7 Å². The maximum atomic E-state index is 6.17. The minimum atomic E-state index is 0. The van der Waals surface area contributed by atoms with Crippen LogP contribution in [0.2, 0.25) is 5.02 Å². The van der Waals surface area contributed by atoms with Crippen LogP contribution in [0.4, 0.5) is 0 Å². The molecule has 1 aliphatic heterocycles. The highest BCUT2D eigenvalue weighted by molar-refractivity contribution is 6.30. The lowest BCUT2D eigenvalue weighted by molar-refractivity contribution is 0.174. The van der Waals surface area contributed by atoms with Crippen LogP contribution in [0.15, 0.2) is 60.7 Å². The van der Waals surface area contributed by atoms with Crippen molar-refractivity contribution in [2.24, 2.45) is 0 Å². The molecule has 0 unspecified atom stereocenters. The van der Waals surface area contributed by atoms with Gasteiger partial charge in [0.15, 0.2) is 23.0 Å². The zero-order valence-electron chi connectivity index (χ0n) is 17.2. The van der Waals surface area contributed by atoms with Crippen molar-refractivity contribution in [1.82, 2.24) is 5.32 Å². The van der Waals surface area contributed by atoms with Crippen molar-refractivity contribution in [1.29, 1.82) is 0 Å². The van der Waals surface area contributed by atoms with Gasteiger partial charge in [0.25, 0.3) is 0 Å². The lowest BCUT2D eigenvalue weighted by atomic mass is 10.1. The highest BCUT2D eigenvalue weighted by Gasteiger charge is 2.14. The van der Waals surface area contributed by atoms with E-state index in [1.165, 1.54) is 0 Å². The van der Waals surface area contributed by atoms with E-state index in [-0.39, 0.29) is 19.2 Å². The quantitative estimate of drug-likeness (QED) is 0.438. The second-order valence-electron chi connectivity index (χ2n) is 6.88. The normalized spacial score (nSPS) is 11.7. The number of ether oxygens (including phenoxy) is 4. The van der Waals surface area contributed by atoms with E-state index in [2.05, 4.69) is 5.32 Å². The van der Waals surface area contributed by atoms with Crippen LogP contribution in [0.3, 0.4) is 0 Å². The fraction of sp³-hybridized carbons (Fsp3) is 0.250. The van der Waals surface area contributed by atoms with E-state index in [0.29, 0.717) is 31.3 Å². The molecule has 0 atom stereocenters.